The first-order chi connectivity index (χ1) is 40.2. The average Bonchev–Trinajstić information content (AvgIpc) is 2.03. The maximum Gasteiger partial charge on any atom is 0.333 e. The molecule has 0 saturated carbocycles. The van der Waals surface area contributed by atoms with Crippen LogP contribution in [-0.2, 0) is 97.0 Å². The van der Waals surface area contributed by atoms with Crippen LogP contribution in [0, 0.1) is 16.0 Å². The van der Waals surface area contributed by atoms with E-state index in [1.807, 2.05) is 27.7 Å². The lowest BCUT2D eigenvalue weighted by atomic mass is 9.88. The Labute approximate surface area is 547 Å². The number of nitrogens with one attached hydrogen (secondary N) is 3. The van der Waals surface area contributed by atoms with E-state index in [4.69, 9.17) is 28.7 Å². The van der Waals surface area contributed by atoms with Crippen LogP contribution in [0.4, 0.5) is 0 Å². The van der Waals surface area contributed by atoms with Gasteiger partial charge in [0.05, 0.1) is 43.3 Å². The fourth-order valence-electron chi connectivity index (χ4n) is 7.73. The number of sulfone groups is 1. The highest BCUT2D eigenvalue weighted by Crippen LogP contribution is 2.28. The van der Waals surface area contributed by atoms with Gasteiger partial charge in [0.25, 0.3) is 0 Å². The highest BCUT2D eigenvalue weighted by Gasteiger charge is 2.47. The molecule has 3 unspecified atom stereocenters. The van der Waals surface area contributed by atoms with Crippen LogP contribution in [0.2, 0.25) is 0 Å². The molecule has 3 atom stereocenters. The van der Waals surface area contributed by atoms with Gasteiger partial charge in [0.2, 0.25) is 11.8 Å². The van der Waals surface area contributed by atoms with Gasteiger partial charge in [-0.3, -0.25) is 28.8 Å². The summed E-state index contributed by atoms with van der Waals surface area (Å²) in [6.45, 7) is 49.5. The van der Waals surface area contributed by atoms with Gasteiger partial charge >= 0.3 is 23.9 Å². The van der Waals surface area contributed by atoms with Crippen LogP contribution < -0.4 is 16.2 Å². The molecule has 526 valence electrons. The largest absolute Gasteiger partial charge is 0.591 e. The Morgan fingerprint density at radius 3 is 1.47 bits per heavy atom. The number of hydrogen-bond acceptors (Lipinski definition) is 22. The Balaban J connectivity index is -0.000000319. The van der Waals surface area contributed by atoms with Gasteiger partial charge in [-0.2, -0.15) is 5.28 Å². The van der Waals surface area contributed by atoms with Gasteiger partial charge in [-0.1, -0.05) is 101 Å². The number of rotatable bonds is 30. The maximum absolute atomic E-state index is 11.8. The molecule has 1 saturated heterocycles. The second-order valence-corrected chi connectivity index (χ2v) is 31.1. The summed E-state index contributed by atoms with van der Waals surface area (Å²) in [5.41, 5.74) is -1.18. The molecule has 24 nitrogen and oxygen atoms in total. The maximum atomic E-state index is 11.8. The molecule has 0 radical (unpaired) electrons. The van der Waals surface area contributed by atoms with Crippen molar-refractivity contribution < 1.29 is 81.1 Å². The molecule has 4 N–H and O–H groups in total. The Morgan fingerprint density at radius 1 is 0.663 bits per heavy atom. The molecule has 0 spiro atoms. The molecule has 2 amide bonds. The van der Waals surface area contributed by atoms with Gasteiger partial charge in [-0.15, -0.1) is 5.01 Å². The van der Waals surface area contributed by atoms with Crippen LogP contribution in [0.3, 0.4) is 0 Å². The number of ether oxygens (including phenoxy) is 3. The van der Waals surface area contributed by atoms with Crippen molar-refractivity contribution in [3.63, 3.8) is 0 Å². The van der Waals surface area contributed by atoms with Crippen molar-refractivity contribution in [2.75, 3.05) is 31.2 Å². The molecule has 0 aromatic carbocycles. The van der Waals surface area contributed by atoms with E-state index in [-0.39, 0.29) is 51.4 Å². The van der Waals surface area contributed by atoms with Crippen molar-refractivity contribution in [2.24, 2.45) is 19.9 Å². The highest BCUT2D eigenvalue weighted by molar-refractivity contribution is 7.92. The zero-order chi connectivity index (χ0) is 71.0. The number of carbonyl (C=O) groups excluding carboxylic acids is 6. The van der Waals surface area contributed by atoms with Crippen LogP contribution in [0.5, 0.6) is 0 Å². The van der Waals surface area contributed by atoms with E-state index >= 15 is 0 Å². The van der Waals surface area contributed by atoms with E-state index in [1.165, 1.54) is 45.4 Å². The van der Waals surface area contributed by atoms with E-state index in [0.717, 1.165) is 77.3 Å². The van der Waals surface area contributed by atoms with Crippen molar-refractivity contribution in [1.82, 2.24) is 20.8 Å². The SMILES string of the molecule is CC(=O)N(C(C(=O)O)C(C)(C)ON=S)C(C)(C)C.CC(=O)NC(C(=O)OC(C)C)C(C)(C)ON=S.CC(C)(C)CON[NH+]([O-])N1CCCC1.CCCCCC(=O)CC(C)(C)C.CCCCCC(=O)OC(C)(C)C.CCCCCS(=O)(=O)CC(=O)OC(C)(C)C. The Bertz CT molecular complexity index is 2130. The molecular weight excluding hydrogens is 1210 g/mol. The number of aliphatic carboxylic acids is 1. The van der Waals surface area contributed by atoms with Gasteiger partial charge < -0.3 is 44.4 Å². The second kappa shape index (κ2) is 46.0. The molecule has 27 heteroatoms. The molecule has 0 aromatic rings. The van der Waals surface area contributed by atoms with Gasteiger partial charge in [0, 0.05) is 51.7 Å². The molecule has 1 heterocycles. The standard InChI is InChI=1S/C11H20N2O4S.C11H22O4S.C11H22O.C10H18N2O4S.C10H20O2.C9H21N3O2/c1-7(14)13(10(2,3)4)8(9(15)16)11(5,6)17-12-18;1-5-6-7-8-16(13,14)9-10(12)15-11(2,3)4;1-5-6-7-8-10(12)9-11(2,3)4;1-6(2)15-9(14)8(11-7(3)13)10(4,5)16-12-17;1-5-6-7-8-9(11)12-10(2,3)4;1-9(2,3)8-14-10-12(13)11-6-4-5-7-11/h8H,1-6H3,(H,15,16);5-9H2,1-4H3;5-9H2,1-4H3;6,8H,1-5H3,(H,11,13);5-8H2,1-4H3;10,12H,4-8H2,1-3H3. The van der Waals surface area contributed by atoms with Crippen molar-refractivity contribution >= 4 is 76.2 Å². The zero-order valence-electron chi connectivity index (χ0n) is 59.7. The molecule has 89 heavy (non-hydrogen) atoms. The zero-order valence-corrected chi connectivity index (χ0v) is 62.1. The molecule has 0 aliphatic carbocycles. The summed E-state index contributed by atoms with van der Waals surface area (Å²) < 4.78 is 44.4. The van der Waals surface area contributed by atoms with Crippen LogP contribution in [0.25, 0.3) is 0 Å². The predicted molar refractivity (Wildman–Crippen MR) is 353 cm³/mol. The Morgan fingerprint density at radius 2 is 1.10 bits per heavy atom. The monoisotopic (exact) mass is 1330 g/mol. The Hall–Kier alpha value is -4.12. The molecule has 1 aliphatic rings. The summed E-state index contributed by atoms with van der Waals surface area (Å²) in [6.07, 6.45) is 13.1. The number of carbonyl (C=O) groups is 7. The molecule has 0 bridgehead atoms. The van der Waals surface area contributed by atoms with Gasteiger partial charge in [-0.25, -0.2) is 18.0 Å². The third-order valence-electron chi connectivity index (χ3n) is 11.5. The van der Waals surface area contributed by atoms with Gasteiger partial charge in [0.15, 0.2) is 33.1 Å². The molecule has 1 fully saturated rings. The molecule has 1 rings (SSSR count). The molecule has 1 aliphatic heterocycles. The molecular formula is C62H123N7O17S3. The first-order valence-corrected chi connectivity index (χ1v) is 33.6. The number of quaternary nitrogens is 1. The summed E-state index contributed by atoms with van der Waals surface area (Å²) in [7, 11) is -3.30. The minimum Gasteiger partial charge on any atom is -0.591 e. The predicted octanol–water partition coefficient (Wildman–Crippen LogP) is 10.7. The third kappa shape index (κ3) is 56.4. The first kappa shape index (κ1) is 93.6. The lowest BCUT2D eigenvalue weighted by Crippen LogP contribution is -3.19. The normalized spacial score (nSPS) is 13.9. The average molecular weight is 1330 g/mol. The number of nitrogens with zero attached hydrogens (tertiary/aromatic N) is 4. The summed E-state index contributed by atoms with van der Waals surface area (Å²) >= 11 is 8.70. The number of unbranched alkanes of at least 4 members (excludes halogenated alkanes) is 6. The number of ketones is 1. The fraction of sp³-hybridized carbons (Fsp3) is 0.887. The summed E-state index contributed by atoms with van der Waals surface area (Å²) in [4.78, 5) is 96.1. The van der Waals surface area contributed by atoms with Crippen LogP contribution in [0.1, 0.15) is 270 Å². The van der Waals surface area contributed by atoms with Gasteiger partial charge in [-0.05, 0) is 161 Å². The number of carboxylic acid groups (broad SMARTS) is 1. The lowest BCUT2D eigenvalue weighted by Gasteiger charge is -2.44. The second-order valence-electron chi connectivity index (χ2n) is 28.6. The Kier molecular flexibility index (Phi) is 48.4. The minimum atomic E-state index is -3.30. The van der Waals surface area contributed by atoms with E-state index in [9.17, 15) is 52.3 Å². The van der Waals surface area contributed by atoms with E-state index < -0.39 is 67.9 Å². The van der Waals surface area contributed by atoms with Gasteiger partial charge in [0.1, 0.15) is 22.7 Å². The smallest absolute Gasteiger partial charge is 0.333 e. The summed E-state index contributed by atoms with van der Waals surface area (Å²) in [5.74, 6) is -3.21. The highest BCUT2D eigenvalue weighted by atomic mass is 32.2. The van der Waals surface area contributed by atoms with Crippen molar-refractivity contribution in [2.45, 2.75) is 316 Å². The van der Waals surface area contributed by atoms with Crippen LogP contribution >= 0.6 is 0 Å². The summed E-state index contributed by atoms with van der Waals surface area (Å²) in [6, 6.07) is -2.14. The van der Waals surface area contributed by atoms with E-state index in [2.05, 4.69) is 100 Å². The first-order valence-electron chi connectivity index (χ1n) is 31.1. The van der Waals surface area contributed by atoms with Crippen LogP contribution in [-0.4, -0.2) is 142 Å². The number of hydrogen-bond donors (Lipinski definition) is 4. The number of carboxylic acids is 1. The number of Topliss-reactive ketones (excluding diaryl/α,β-unsaturated/α-hetero) is 1. The van der Waals surface area contributed by atoms with Crippen molar-refractivity contribution in [1.29, 1.82) is 0 Å². The molecule has 0 aromatic heterocycles. The van der Waals surface area contributed by atoms with Crippen molar-refractivity contribution in [3.8, 4) is 0 Å². The van der Waals surface area contributed by atoms with Crippen LogP contribution in [0.15, 0.2) is 9.05 Å². The number of esters is 3. The quantitative estimate of drug-likeness (QED) is 0.0225. The van der Waals surface area contributed by atoms with E-state index in [1.54, 1.807) is 74.2 Å². The van der Waals surface area contributed by atoms with E-state index in [0.29, 0.717) is 25.2 Å². The fourth-order valence-corrected chi connectivity index (χ4v) is 9.32. The summed E-state index contributed by atoms with van der Waals surface area (Å²) in [5, 5.41) is 24.9. The third-order valence-corrected chi connectivity index (χ3v) is 13.2. The van der Waals surface area contributed by atoms with Crippen molar-refractivity contribution in [3.05, 3.63) is 5.21 Å². The topological polar surface area (TPSA) is 312 Å². The number of amides is 2. The minimum absolute atomic E-state index is 0.0695. The lowest BCUT2D eigenvalue weighted by molar-refractivity contribution is -1.03.